The first-order chi connectivity index (χ1) is 9.78. The maximum atomic E-state index is 8.86. The summed E-state index contributed by atoms with van der Waals surface area (Å²) in [6, 6.07) is 15.6. The zero-order valence-corrected chi connectivity index (χ0v) is 11.2. The van der Waals surface area contributed by atoms with Gasteiger partial charge in [0, 0.05) is 0 Å². The van der Waals surface area contributed by atoms with Crippen LogP contribution in [0.3, 0.4) is 0 Å². The molecule has 1 atom stereocenters. The van der Waals surface area contributed by atoms with Crippen molar-refractivity contribution in [2.24, 2.45) is 0 Å². The summed E-state index contributed by atoms with van der Waals surface area (Å²) in [5.41, 5.74) is 9.64. The molecule has 3 nitrogen and oxygen atoms in total. The topological polar surface area (TPSA) is 59.0 Å². The molecule has 1 aliphatic rings. The molecule has 3 rings (SSSR count). The molecule has 0 fully saturated rings. The lowest BCUT2D eigenvalue weighted by Gasteiger charge is -2.26. The van der Waals surface area contributed by atoms with Crippen molar-refractivity contribution in [2.45, 2.75) is 25.4 Å². The third-order valence-corrected chi connectivity index (χ3v) is 3.72. The summed E-state index contributed by atoms with van der Waals surface area (Å²) in [6.45, 7) is 0. The van der Waals surface area contributed by atoms with Crippen molar-refractivity contribution >= 4 is 5.69 Å². The number of aryl methyl sites for hydroxylation is 1. The van der Waals surface area contributed by atoms with Gasteiger partial charge >= 0.3 is 0 Å². The molecule has 3 heteroatoms. The molecular weight excluding hydrogens is 248 g/mol. The number of benzene rings is 2. The van der Waals surface area contributed by atoms with E-state index in [0.717, 1.165) is 19.3 Å². The fraction of sp³-hybridized carbons (Fsp3) is 0.235. The number of hydrogen-bond donors (Lipinski definition) is 1. The van der Waals surface area contributed by atoms with Crippen LogP contribution in [0.4, 0.5) is 5.69 Å². The van der Waals surface area contributed by atoms with Crippen LogP contribution >= 0.6 is 0 Å². The molecule has 1 aliphatic carbocycles. The number of ether oxygens (including phenoxy) is 1. The van der Waals surface area contributed by atoms with Crippen LogP contribution in [-0.2, 0) is 6.42 Å². The molecule has 100 valence electrons. The smallest absolute Gasteiger partial charge is 0.143 e. The second kappa shape index (κ2) is 5.26. The van der Waals surface area contributed by atoms with E-state index >= 15 is 0 Å². The van der Waals surface area contributed by atoms with E-state index in [1.165, 1.54) is 11.1 Å². The molecule has 0 radical (unpaired) electrons. The molecule has 2 aromatic carbocycles. The second-order valence-electron chi connectivity index (χ2n) is 5.06. The van der Waals surface area contributed by atoms with Gasteiger partial charge in [0.25, 0.3) is 0 Å². The molecule has 0 spiro atoms. The Bertz CT molecular complexity index is 673. The van der Waals surface area contributed by atoms with Crippen LogP contribution in [-0.4, -0.2) is 0 Å². The van der Waals surface area contributed by atoms with E-state index in [4.69, 9.17) is 15.7 Å². The van der Waals surface area contributed by atoms with Gasteiger partial charge in [-0.05, 0) is 48.6 Å². The van der Waals surface area contributed by atoms with E-state index in [0.29, 0.717) is 17.0 Å². The van der Waals surface area contributed by atoms with Gasteiger partial charge in [0.05, 0.1) is 17.3 Å². The monoisotopic (exact) mass is 264 g/mol. The third-order valence-electron chi connectivity index (χ3n) is 3.72. The second-order valence-corrected chi connectivity index (χ2v) is 5.06. The Morgan fingerprint density at radius 2 is 2.05 bits per heavy atom. The van der Waals surface area contributed by atoms with Crippen LogP contribution in [0.1, 0.15) is 35.6 Å². The molecular formula is C17H16N2O. The Kier molecular flexibility index (Phi) is 3.30. The lowest BCUT2D eigenvalue weighted by molar-refractivity contribution is 0.184. The van der Waals surface area contributed by atoms with Crippen molar-refractivity contribution in [1.82, 2.24) is 0 Å². The molecule has 2 N–H and O–H groups in total. The van der Waals surface area contributed by atoms with Crippen molar-refractivity contribution in [3.8, 4) is 11.8 Å². The molecule has 0 aliphatic heterocycles. The number of hydrogen-bond acceptors (Lipinski definition) is 3. The van der Waals surface area contributed by atoms with Gasteiger partial charge in [0.15, 0.2) is 0 Å². The van der Waals surface area contributed by atoms with Crippen LogP contribution in [0.5, 0.6) is 5.75 Å². The standard InChI is InChI=1S/C17H16N2O/c18-11-12-8-9-17(15(19)10-12)20-16-7-3-5-13-4-1-2-6-14(13)16/h1-2,4,6,8-10,16H,3,5,7,19H2. The summed E-state index contributed by atoms with van der Waals surface area (Å²) in [7, 11) is 0. The normalized spacial score (nSPS) is 17.1. The van der Waals surface area contributed by atoms with Crippen molar-refractivity contribution < 1.29 is 4.74 Å². The van der Waals surface area contributed by atoms with Crippen LogP contribution < -0.4 is 10.5 Å². The van der Waals surface area contributed by atoms with Gasteiger partial charge in [-0.1, -0.05) is 24.3 Å². The van der Waals surface area contributed by atoms with Gasteiger partial charge < -0.3 is 10.5 Å². The number of rotatable bonds is 2. The van der Waals surface area contributed by atoms with Gasteiger partial charge in [0.1, 0.15) is 11.9 Å². The first-order valence-corrected chi connectivity index (χ1v) is 6.82. The van der Waals surface area contributed by atoms with Gasteiger partial charge in [-0.25, -0.2) is 0 Å². The fourth-order valence-electron chi connectivity index (χ4n) is 2.71. The minimum absolute atomic E-state index is 0.0511. The molecule has 2 aromatic rings. The van der Waals surface area contributed by atoms with Crippen molar-refractivity contribution in [3.05, 3.63) is 59.2 Å². The maximum absolute atomic E-state index is 8.86. The highest BCUT2D eigenvalue weighted by Crippen LogP contribution is 2.35. The van der Waals surface area contributed by atoms with E-state index in [1.54, 1.807) is 18.2 Å². The number of fused-ring (bicyclic) bond motifs is 1. The quantitative estimate of drug-likeness (QED) is 0.843. The largest absolute Gasteiger partial charge is 0.484 e. The molecule has 1 unspecified atom stereocenters. The van der Waals surface area contributed by atoms with Crippen molar-refractivity contribution in [3.63, 3.8) is 0 Å². The highest BCUT2D eigenvalue weighted by molar-refractivity contribution is 5.56. The molecule has 0 amide bonds. The molecule has 0 aromatic heterocycles. The van der Waals surface area contributed by atoms with Crippen LogP contribution in [0.25, 0.3) is 0 Å². The summed E-state index contributed by atoms with van der Waals surface area (Å²) in [4.78, 5) is 0. The Hall–Kier alpha value is -2.47. The Balaban J connectivity index is 1.88. The van der Waals surface area contributed by atoms with Gasteiger partial charge in [0.2, 0.25) is 0 Å². The maximum Gasteiger partial charge on any atom is 0.143 e. The molecule has 0 heterocycles. The minimum atomic E-state index is 0.0511. The van der Waals surface area contributed by atoms with Crippen molar-refractivity contribution in [2.75, 3.05) is 5.73 Å². The lowest BCUT2D eigenvalue weighted by Crippen LogP contribution is -2.15. The predicted molar refractivity (Wildman–Crippen MR) is 78.3 cm³/mol. The van der Waals surface area contributed by atoms with Crippen LogP contribution in [0, 0.1) is 11.3 Å². The first-order valence-electron chi connectivity index (χ1n) is 6.82. The first kappa shape index (κ1) is 12.6. The summed E-state index contributed by atoms with van der Waals surface area (Å²) in [5.74, 6) is 0.658. The summed E-state index contributed by atoms with van der Waals surface area (Å²) >= 11 is 0. The SMILES string of the molecule is N#Cc1ccc(OC2CCCc3ccccc32)c(N)c1. The number of anilines is 1. The number of nitrogen functional groups attached to an aromatic ring is 1. The van der Waals surface area contributed by atoms with E-state index in [-0.39, 0.29) is 6.10 Å². The third kappa shape index (κ3) is 2.33. The van der Waals surface area contributed by atoms with Gasteiger partial charge in [-0.15, -0.1) is 0 Å². The average Bonchev–Trinajstić information content (AvgIpc) is 2.49. The zero-order chi connectivity index (χ0) is 13.9. The minimum Gasteiger partial charge on any atom is -0.484 e. The number of nitrogens with two attached hydrogens (primary N) is 1. The van der Waals surface area contributed by atoms with Crippen LogP contribution in [0.2, 0.25) is 0 Å². The van der Waals surface area contributed by atoms with E-state index < -0.39 is 0 Å². The Morgan fingerprint density at radius 1 is 1.20 bits per heavy atom. The Morgan fingerprint density at radius 3 is 2.85 bits per heavy atom. The highest BCUT2D eigenvalue weighted by atomic mass is 16.5. The molecule has 0 saturated carbocycles. The summed E-state index contributed by atoms with van der Waals surface area (Å²) in [5, 5.41) is 8.86. The molecule has 0 saturated heterocycles. The number of nitrogens with zero attached hydrogens (tertiary/aromatic N) is 1. The summed E-state index contributed by atoms with van der Waals surface area (Å²) < 4.78 is 6.08. The fourth-order valence-corrected chi connectivity index (χ4v) is 2.71. The highest BCUT2D eigenvalue weighted by Gasteiger charge is 2.21. The van der Waals surface area contributed by atoms with Gasteiger partial charge in [-0.3, -0.25) is 0 Å². The molecule has 0 bridgehead atoms. The number of nitriles is 1. The molecule has 20 heavy (non-hydrogen) atoms. The Labute approximate surface area is 118 Å². The summed E-state index contributed by atoms with van der Waals surface area (Å²) in [6.07, 6.45) is 3.28. The van der Waals surface area contributed by atoms with Gasteiger partial charge in [-0.2, -0.15) is 5.26 Å². The van der Waals surface area contributed by atoms with E-state index in [1.807, 2.05) is 6.07 Å². The van der Waals surface area contributed by atoms with E-state index in [9.17, 15) is 0 Å². The predicted octanol–water partition coefficient (Wildman–Crippen LogP) is 3.60. The van der Waals surface area contributed by atoms with Crippen molar-refractivity contribution in [1.29, 1.82) is 5.26 Å². The lowest BCUT2D eigenvalue weighted by atomic mass is 9.89. The zero-order valence-electron chi connectivity index (χ0n) is 11.2. The average molecular weight is 264 g/mol. The van der Waals surface area contributed by atoms with Crippen LogP contribution in [0.15, 0.2) is 42.5 Å². The van der Waals surface area contributed by atoms with E-state index in [2.05, 4.69) is 24.3 Å².